The first kappa shape index (κ1) is 17.3. The zero-order valence-corrected chi connectivity index (χ0v) is 15.2. The van der Waals surface area contributed by atoms with Gasteiger partial charge in [0, 0.05) is 5.02 Å². The number of ether oxygens (including phenoxy) is 1. The fourth-order valence-electron chi connectivity index (χ4n) is 3.21. The Morgan fingerprint density at radius 1 is 1.19 bits per heavy atom. The number of aryl methyl sites for hydroxylation is 1. The van der Waals surface area contributed by atoms with Crippen LogP contribution in [0.25, 0.3) is 11.0 Å². The highest BCUT2D eigenvalue weighted by Crippen LogP contribution is 2.32. The number of carbonyl (C=O) groups is 2. The molecule has 1 aliphatic heterocycles. The third kappa shape index (κ3) is 2.69. The van der Waals surface area contributed by atoms with Crippen LogP contribution in [0.2, 0.25) is 5.02 Å². The minimum Gasteiger partial charge on any atom is -0.465 e. The van der Waals surface area contributed by atoms with Crippen molar-refractivity contribution >= 4 is 34.4 Å². The van der Waals surface area contributed by atoms with E-state index in [0.29, 0.717) is 27.1 Å². The summed E-state index contributed by atoms with van der Waals surface area (Å²) in [5.41, 5.74) is 2.02. The number of fused-ring (bicyclic) bond motifs is 2. The molecule has 0 aliphatic carbocycles. The van der Waals surface area contributed by atoms with Gasteiger partial charge in [-0.2, -0.15) is 0 Å². The molecule has 2 aromatic carbocycles. The standard InChI is InChI=1S/C20H14ClNO5/c1-9-7-14-12(8-13(9)21)17(23)15-16(22-19(24)18(15)27-14)10-3-5-11(6-4-10)20(25)26-2/h3-8,16H,1-2H3,(H,22,24). The predicted molar refractivity (Wildman–Crippen MR) is 99.3 cm³/mol. The van der Waals surface area contributed by atoms with Crippen molar-refractivity contribution in [3.05, 3.63) is 79.7 Å². The Morgan fingerprint density at radius 2 is 1.89 bits per heavy atom. The van der Waals surface area contributed by atoms with E-state index in [0.717, 1.165) is 5.56 Å². The molecule has 0 radical (unpaired) electrons. The Morgan fingerprint density at radius 3 is 2.56 bits per heavy atom. The van der Waals surface area contributed by atoms with E-state index >= 15 is 0 Å². The smallest absolute Gasteiger partial charge is 0.337 e. The van der Waals surface area contributed by atoms with Crippen molar-refractivity contribution in [2.24, 2.45) is 0 Å². The molecule has 1 N–H and O–H groups in total. The third-order valence-corrected chi connectivity index (χ3v) is 5.05. The first-order valence-corrected chi connectivity index (χ1v) is 8.54. The van der Waals surface area contributed by atoms with Crippen LogP contribution >= 0.6 is 11.6 Å². The van der Waals surface area contributed by atoms with Crippen molar-refractivity contribution in [3.8, 4) is 0 Å². The number of rotatable bonds is 2. The normalized spacial score (nSPS) is 15.5. The highest BCUT2D eigenvalue weighted by molar-refractivity contribution is 6.32. The maximum absolute atomic E-state index is 13.0. The Bertz CT molecular complexity index is 1160. The molecule has 0 bridgehead atoms. The van der Waals surface area contributed by atoms with E-state index in [9.17, 15) is 14.4 Å². The Kier molecular flexibility index (Phi) is 4.00. The molecule has 4 rings (SSSR count). The molecule has 0 spiro atoms. The van der Waals surface area contributed by atoms with E-state index in [4.69, 9.17) is 16.0 Å². The third-order valence-electron chi connectivity index (χ3n) is 4.64. The van der Waals surface area contributed by atoms with Crippen LogP contribution in [0.1, 0.15) is 43.6 Å². The molecule has 0 saturated heterocycles. The fourth-order valence-corrected chi connectivity index (χ4v) is 3.37. The van der Waals surface area contributed by atoms with Gasteiger partial charge in [0.05, 0.1) is 29.7 Å². The first-order chi connectivity index (χ1) is 12.9. The maximum Gasteiger partial charge on any atom is 0.337 e. The molecule has 0 fully saturated rings. The van der Waals surface area contributed by atoms with Gasteiger partial charge in [-0.25, -0.2) is 4.79 Å². The van der Waals surface area contributed by atoms with E-state index in [-0.39, 0.29) is 16.8 Å². The molecule has 1 aliphatic rings. The van der Waals surface area contributed by atoms with E-state index in [1.807, 2.05) is 0 Å². The molecule has 136 valence electrons. The van der Waals surface area contributed by atoms with Crippen molar-refractivity contribution in [1.29, 1.82) is 0 Å². The summed E-state index contributed by atoms with van der Waals surface area (Å²) in [6, 6.07) is 9.02. The van der Waals surface area contributed by atoms with Gasteiger partial charge >= 0.3 is 5.97 Å². The number of carbonyl (C=O) groups excluding carboxylic acids is 2. The van der Waals surface area contributed by atoms with Gasteiger partial charge < -0.3 is 14.5 Å². The Balaban J connectivity index is 1.88. The average Bonchev–Trinajstić information content (AvgIpc) is 3.00. The molecule has 27 heavy (non-hydrogen) atoms. The van der Waals surface area contributed by atoms with Crippen molar-refractivity contribution < 1.29 is 18.7 Å². The second-order valence-electron chi connectivity index (χ2n) is 6.29. The molecule has 0 saturated carbocycles. The number of hydrogen-bond donors (Lipinski definition) is 1. The number of nitrogens with one attached hydrogen (secondary N) is 1. The molecular formula is C20H14ClNO5. The van der Waals surface area contributed by atoms with Crippen molar-refractivity contribution in [1.82, 2.24) is 5.32 Å². The van der Waals surface area contributed by atoms with Gasteiger partial charge in [0.2, 0.25) is 5.76 Å². The second-order valence-corrected chi connectivity index (χ2v) is 6.70. The van der Waals surface area contributed by atoms with Gasteiger partial charge in [-0.05, 0) is 42.3 Å². The van der Waals surface area contributed by atoms with Gasteiger partial charge in [0.1, 0.15) is 5.58 Å². The van der Waals surface area contributed by atoms with E-state index < -0.39 is 17.9 Å². The van der Waals surface area contributed by atoms with Gasteiger partial charge in [0.15, 0.2) is 5.43 Å². The molecule has 2 heterocycles. The van der Waals surface area contributed by atoms with Crippen LogP contribution in [0.5, 0.6) is 0 Å². The molecule has 6 nitrogen and oxygen atoms in total. The summed E-state index contributed by atoms with van der Waals surface area (Å²) < 4.78 is 10.4. The van der Waals surface area contributed by atoms with Crippen LogP contribution in [0.15, 0.2) is 45.6 Å². The molecule has 7 heteroatoms. The van der Waals surface area contributed by atoms with Crippen molar-refractivity contribution in [3.63, 3.8) is 0 Å². The molecule has 1 unspecified atom stereocenters. The lowest BCUT2D eigenvalue weighted by molar-refractivity contribution is 0.0600. The van der Waals surface area contributed by atoms with Crippen LogP contribution in [0.3, 0.4) is 0 Å². The lowest BCUT2D eigenvalue weighted by atomic mass is 9.98. The minimum atomic E-state index is -0.667. The number of hydrogen-bond acceptors (Lipinski definition) is 5. The van der Waals surface area contributed by atoms with Crippen LogP contribution in [-0.4, -0.2) is 19.0 Å². The van der Waals surface area contributed by atoms with Gasteiger partial charge in [-0.3, -0.25) is 9.59 Å². The quantitative estimate of drug-likeness (QED) is 0.686. The molecular weight excluding hydrogens is 370 g/mol. The Labute approximate surface area is 158 Å². The van der Waals surface area contributed by atoms with Crippen LogP contribution < -0.4 is 10.7 Å². The average molecular weight is 384 g/mol. The zero-order chi connectivity index (χ0) is 19.3. The topological polar surface area (TPSA) is 85.6 Å². The zero-order valence-electron chi connectivity index (χ0n) is 14.5. The number of esters is 1. The first-order valence-electron chi connectivity index (χ1n) is 8.16. The van der Waals surface area contributed by atoms with Crippen LogP contribution in [0, 0.1) is 6.92 Å². The molecule has 1 atom stereocenters. The molecule has 1 amide bonds. The van der Waals surface area contributed by atoms with E-state index in [1.165, 1.54) is 7.11 Å². The highest BCUT2D eigenvalue weighted by Gasteiger charge is 2.36. The van der Waals surface area contributed by atoms with Crippen molar-refractivity contribution in [2.45, 2.75) is 13.0 Å². The summed E-state index contributed by atoms with van der Waals surface area (Å²) in [5.74, 6) is -0.928. The Hall–Kier alpha value is -3.12. The summed E-state index contributed by atoms with van der Waals surface area (Å²) in [4.78, 5) is 37.0. The predicted octanol–water partition coefficient (Wildman–Crippen LogP) is 3.37. The summed E-state index contributed by atoms with van der Waals surface area (Å²) in [6.07, 6.45) is 0. The fraction of sp³-hybridized carbons (Fsp3) is 0.150. The van der Waals surface area contributed by atoms with E-state index in [1.54, 1.807) is 43.3 Å². The summed E-state index contributed by atoms with van der Waals surface area (Å²) in [7, 11) is 1.30. The number of halogens is 1. The van der Waals surface area contributed by atoms with Gasteiger partial charge in [0.25, 0.3) is 5.91 Å². The lowest BCUT2D eigenvalue weighted by Crippen LogP contribution is -2.22. The van der Waals surface area contributed by atoms with Gasteiger partial charge in [-0.15, -0.1) is 0 Å². The summed E-state index contributed by atoms with van der Waals surface area (Å²) in [5, 5.41) is 3.53. The van der Waals surface area contributed by atoms with Crippen LogP contribution in [0.4, 0.5) is 0 Å². The lowest BCUT2D eigenvalue weighted by Gasteiger charge is -2.12. The highest BCUT2D eigenvalue weighted by atomic mass is 35.5. The van der Waals surface area contributed by atoms with Crippen LogP contribution in [-0.2, 0) is 4.74 Å². The largest absolute Gasteiger partial charge is 0.465 e. The van der Waals surface area contributed by atoms with E-state index in [2.05, 4.69) is 10.1 Å². The maximum atomic E-state index is 13.0. The minimum absolute atomic E-state index is 0.00346. The summed E-state index contributed by atoms with van der Waals surface area (Å²) >= 11 is 6.15. The van der Waals surface area contributed by atoms with Gasteiger partial charge in [-0.1, -0.05) is 23.7 Å². The number of methoxy groups -OCH3 is 1. The monoisotopic (exact) mass is 383 g/mol. The number of amides is 1. The second kappa shape index (κ2) is 6.25. The summed E-state index contributed by atoms with van der Waals surface area (Å²) in [6.45, 7) is 1.79. The molecule has 1 aromatic heterocycles. The molecule has 3 aromatic rings. The SMILES string of the molecule is COC(=O)c1ccc(C2NC(=O)c3oc4cc(C)c(Cl)cc4c(=O)c32)cc1. The number of benzene rings is 2. The van der Waals surface area contributed by atoms with Crippen molar-refractivity contribution in [2.75, 3.05) is 7.11 Å².